The molecule has 2 heteroatoms. The van der Waals surface area contributed by atoms with Crippen molar-refractivity contribution < 1.29 is 0 Å². The third-order valence-corrected chi connectivity index (χ3v) is 2.23. The number of hydrogen-bond acceptors (Lipinski definition) is 2. The average Bonchev–Trinajstić information content (AvgIpc) is 2.10. The molecule has 0 bridgehead atoms. The third-order valence-electron chi connectivity index (χ3n) is 2.23. The predicted molar refractivity (Wildman–Crippen MR) is 55.5 cm³/mol. The molecule has 0 aromatic rings. The molecule has 0 rings (SSSR count). The lowest BCUT2D eigenvalue weighted by atomic mass is 10.2. The molecule has 0 heterocycles. The Hall–Kier alpha value is -0.0800. The van der Waals surface area contributed by atoms with Gasteiger partial charge in [-0.1, -0.05) is 20.8 Å². The molecular weight excluding hydrogens is 148 g/mol. The normalized spacial score (nSPS) is 13.8. The molecule has 0 saturated heterocycles. The van der Waals surface area contributed by atoms with Crippen LogP contribution in [-0.2, 0) is 0 Å². The Morgan fingerprint density at radius 1 is 1.25 bits per heavy atom. The lowest BCUT2D eigenvalue weighted by Gasteiger charge is -2.27. The molecule has 0 radical (unpaired) electrons. The number of nitrogens with zero attached hydrogens (tertiary/aromatic N) is 1. The summed E-state index contributed by atoms with van der Waals surface area (Å²) in [5.74, 6) is 0. The highest BCUT2D eigenvalue weighted by Crippen LogP contribution is 1.98. The van der Waals surface area contributed by atoms with Crippen LogP contribution in [0.4, 0.5) is 0 Å². The fourth-order valence-electron chi connectivity index (χ4n) is 1.46. The molecule has 0 fully saturated rings. The highest BCUT2D eigenvalue weighted by atomic mass is 15.2. The van der Waals surface area contributed by atoms with E-state index in [-0.39, 0.29) is 0 Å². The maximum absolute atomic E-state index is 3.38. The molecule has 0 spiro atoms. The van der Waals surface area contributed by atoms with Crippen molar-refractivity contribution >= 4 is 0 Å². The van der Waals surface area contributed by atoms with E-state index in [9.17, 15) is 0 Å². The molecule has 1 atom stereocenters. The van der Waals surface area contributed by atoms with Gasteiger partial charge in [-0.3, -0.25) is 4.90 Å². The highest BCUT2D eigenvalue weighted by molar-refractivity contribution is 4.67. The molecule has 0 aromatic carbocycles. The minimum atomic E-state index is 0.676. The summed E-state index contributed by atoms with van der Waals surface area (Å²) in [5, 5.41) is 3.38. The first-order valence-electron chi connectivity index (χ1n) is 5.20. The van der Waals surface area contributed by atoms with Crippen LogP contribution in [0.2, 0.25) is 0 Å². The summed E-state index contributed by atoms with van der Waals surface area (Å²) in [7, 11) is 0. The Balaban J connectivity index is 3.60. The van der Waals surface area contributed by atoms with Gasteiger partial charge in [-0.25, -0.2) is 0 Å². The van der Waals surface area contributed by atoms with Gasteiger partial charge in [0.1, 0.15) is 0 Å². The molecule has 74 valence electrons. The second-order valence-corrected chi connectivity index (χ2v) is 3.29. The van der Waals surface area contributed by atoms with Gasteiger partial charge in [0.2, 0.25) is 0 Å². The molecule has 0 aromatic heterocycles. The van der Waals surface area contributed by atoms with Crippen molar-refractivity contribution in [2.75, 3.05) is 26.2 Å². The summed E-state index contributed by atoms with van der Waals surface area (Å²) in [6.07, 6.45) is 1.25. The van der Waals surface area contributed by atoms with E-state index in [1.54, 1.807) is 0 Å². The van der Waals surface area contributed by atoms with E-state index in [0.717, 1.165) is 13.1 Å². The van der Waals surface area contributed by atoms with Crippen LogP contribution >= 0.6 is 0 Å². The first-order chi connectivity index (χ1) is 5.76. The van der Waals surface area contributed by atoms with E-state index in [0.29, 0.717) is 6.04 Å². The molecule has 0 aliphatic carbocycles. The Kier molecular flexibility index (Phi) is 7.51. The van der Waals surface area contributed by atoms with E-state index >= 15 is 0 Å². The van der Waals surface area contributed by atoms with Gasteiger partial charge < -0.3 is 5.32 Å². The van der Waals surface area contributed by atoms with Crippen LogP contribution in [0.5, 0.6) is 0 Å². The van der Waals surface area contributed by atoms with Crippen molar-refractivity contribution in [1.29, 1.82) is 0 Å². The molecule has 1 N–H and O–H groups in total. The zero-order valence-electron chi connectivity index (χ0n) is 9.06. The molecule has 0 aliphatic heterocycles. The summed E-state index contributed by atoms with van der Waals surface area (Å²) in [4.78, 5) is 2.52. The highest BCUT2D eigenvalue weighted by Gasteiger charge is 2.08. The second-order valence-electron chi connectivity index (χ2n) is 3.29. The van der Waals surface area contributed by atoms with Gasteiger partial charge in [-0.05, 0) is 33.0 Å². The largest absolute Gasteiger partial charge is 0.315 e. The van der Waals surface area contributed by atoms with Crippen LogP contribution in [0, 0.1) is 0 Å². The monoisotopic (exact) mass is 172 g/mol. The van der Waals surface area contributed by atoms with Crippen molar-refractivity contribution in [3.05, 3.63) is 0 Å². The van der Waals surface area contributed by atoms with Gasteiger partial charge >= 0.3 is 0 Å². The van der Waals surface area contributed by atoms with Crippen molar-refractivity contribution in [3.63, 3.8) is 0 Å². The fraction of sp³-hybridized carbons (Fsp3) is 1.00. The summed E-state index contributed by atoms with van der Waals surface area (Å²) in [5.41, 5.74) is 0. The van der Waals surface area contributed by atoms with Gasteiger partial charge in [-0.2, -0.15) is 0 Å². The van der Waals surface area contributed by atoms with Gasteiger partial charge in [0.15, 0.2) is 0 Å². The van der Waals surface area contributed by atoms with Crippen LogP contribution < -0.4 is 5.32 Å². The topological polar surface area (TPSA) is 15.3 Å². The molecule has 1 unspecified atom stereocenters. The minimum Gasteiger partial charge on any atom is -0.315 e. The van der Waals surface area contributed by atoms with Gasteiger partial charge in [0, 0.05) is 12.6 Å². The van der Waals surface area contributed by atoms with Crippen LogP contribution in [0.15, 0.2) is 0 Å². The minimum absolute atomic E-state index is 0.676. The number of hydrogen-bond donors (Lipinski definition) is 1. The maximum Gasteiger partial charge on any atom is 0.0192 e. The third kappa shape index (κ3) is 4.73. The molecular formula is C10H24N2. The lowest BCUT2D eigenvalue weighted by molar-refractivity contribution is 0.216. The van der Waals surface area contributed by atoms with Gasteiger partial charge in [-0.15, -0.1) is 0 Å². The molecule has 0 aliphatic rings. The molecule has 2 nitrogen and oxygen atoms in total. The smallest absolute Gasteiger partial charge is 0.0192 e. The Morgan fingerprint density at radius 3 is 2.33 bits per heavy atom. The Bertz CT molecular complexity index is 93.8. The zero-order valence-corrected chi connectivity index (χ0v) is 9.06. The van der Waals surface area contributed by atoms with E-state index in [4.69, 9.17) is 0 Å². The van der Waals surface area contributed by atoms with E-state index in [1.807, 2.05) is 0 Å². The average molecular weight is 172 g/mol. The van der Waals surface area contributed by atoms with E-state index in [1.165, 1.54) is 19.5 Å². The molecule has 0 saturated carbocycles. The van der Waals surface area contributed by atoms with Gasteiger partial charge in [0.25, 0.3) is 0 Å². The molecule has 0 amide bonds. The van der Waals surface area contributed by atoms with Crippen LogP contribution in [0.3, 0.4) is 0 Å². The van der Waals surface area contributed by atoms with Gasteiger partial charge in [0.05, 0.1) is 0 Å². The fourth-order valence-corrected chi connectivity index (χ4v) is 1.46. The zero-order chi connectivity index (χ0) is 9.40. The van der Waals surface area contributed by atoms with Crippen molar-refractivity contribution in [1.82, 2.24) is 10.2 Å². The molecule has 12 heavy (non-hydrogen) atoms. The lowest BCUT2D eigenvalue weighted by Crippen LogP contribution is -2.40. The number of nitrogens with one attached hydrogen (secondary N) is 1. The summed E-state index contributed by atoms with van der Waals surface area (Å²) in [6.45, 7) is 13.5. The Labute approximate surface area is 77.3 Å². The van der Waals surface area contributed by atoms with Crippen molar-refractivity contribution in [3.8, 4) is 0 Å². The van der Waals surface area contributed by atoms with Crippen LogP contribution in [0.25, 0.3) is 0 Å². The Morgan fingerprint density at radius 2 is 1.92 bits per heavy atom. The van der Waals surface area contributed by atoms with Crippen molar-refractivity contribution in [2.24, 2.45) is 0 Å². The van der Waals surface area contributed by atoms with Crippen LogP contribution in [0.1, 0.15) is 34.1 Å². The summed E-state index contributed by atoms with van der Waals surface area (Å²) >= 11 is 0. The standard InChI is InChI=1S/C10H24N2/c1-5-8-12(7-3)10(4)9-11-6-2/h10-11H,5-9H2,1-4H3. The predicted octanol–water partition coefficient (Wildman–Crippen LogP) is 1.72. The SMILES string of the molecule is CCCN(CC)C(C)CNCC. The number of rotatable bonds is 7. The first kappa shape index (κ1) is 11.9. The maximum atomic E-state index is 3.38. The van der Waals surface area contributed by atoms with E-state index in [2.05, 4.69) is 37.9 Å². The summed E-state index contributed by atoms with van der Waals surface area (Å²) < 4.78 is 0. The first-order valence-corrected chi connectivity index (χ1v) is 5.20. The summed E-state index contributed by atoms with van der Waals surface area (Å²) in [6, 6.07) is 0.676. The van der Waals surface area contributed by atoms with Crippen molar-refractivity contribution in [2.45, 2.75) is 40.2 Å². The quantitative estimate of drug-likeness (QED) is 0.629. The second kappa shape index (κ2) is 7.56. The van der Waals surface area contributed by atoms with E-state index < -0.39 is 0 Å². The van der Waals surface area contributed by atoms with Crippen LogP contribution in [-0.4, -0.2) is 37.1 Å². The number of likely N-dealkylation sites (N-methyl/N-ethyl adjacent to an activating group) is 2.